The first-order valence-corrected chi connectivity index (χ1v) is 5.79. The van der Waals surface area contributed by atoms with E-state index in [2.05, 4.69) is 5.48 Å². The largest absolute Gasteiger partial charge is 0.442 e. The molecular formula is C11H22N2O3. The second kappa shape index (κ2) is 5.50. The van der Waals surface area contributed by atoms with Gasteiger partial charge in [0.05, 0.1) is 0 Å². The van der Waals surface area contributed by atoms with Crippen molar-refractivity contribution in [2.24, 2.45) is 5.73 Å². The molecule has 5 heteroatoms. The maximum absolute atomic E-state index is 11.3. The predicted molar refractivity (Wildman–Crippen MR) is 60.7 cm³/mol. The molecule has 0 aromatic carbocycles. The lowest BCUT2D eigenvalue weighted by Gasteiger charge is -2.28. The third-order valence-electron chi connectivity index (χ3n) is 2.45. The van der Waals surface area contributed by atoms with E-state index < -0.39 is 11.7 Å². The molecule has 0 aliphatic heterocycles. The van der Waals surface area contributed by atoms with Crippen LogP contribution in [0.25, 0.3) is 0 Å². The topological polar surface area (TPSA) is 73.6 Å². The Labute approximate surface area is 96.6 Å². The molecule has 1 saturated carbocycles. The molecule has 0 saturated heterocycles. The fourth-order valence-electron chi connectivity index (χ4n) is 1.69. The molecule has 94 valence electrons. The van der Waals surface area contributed by atoms with Gasteiger partial charge in [0.15, 0.2) is 0 Å². The molecule has 0 radical (unpaired) electrons. The molecular weight excluding hydrogens is 208 g/mol. The predicted octanol–water partition coefficient (Wildman–Crippen LogP) is 1.71. The summed E-state index contributed by atoms with van der Waals surface area (Å²) >= 11 is 0. The number of carbonyl (C=O) groups excluding carboxylic acids is 1. The van der Waals surface area contributed by atoms with Crippen LogP contribution in [0.5, 0.6) is 0 Å². The minimum atomic E-state index is -0.565. The molecule has 1 aliphatic carbocycles. The summed E-state index contributed by atoms with van der Waals surface area (Å²) in [5, 5.41) is 0. The molecule has 0 aromatic rings. The van der Waals surface area contributed by atoms with Crippen LogP contribution in [0.3, 0.4) is 0 Å². The molecule has 1 fully saturated rings. The normalized spacial score (nSPS) is 26.2. The Morgan fingerprint density at radius 3 is 2.50 bits per heavy atom. The fraction of sp³-hybridized carbons (Fsp3) is 0.909. The van der Waals surface area contributed by atoms with Gasteiger partial charge in [-0.2, -0.15) is 5.48 Å². The van der Waals surface area contributed by atoms with E-state index in [1.807, 2.05) is 0 Å². The third kappa shape index (κ3) is 4.81. The zero-order chi connectivity index (χ0) is 12.2. The van der Waals surface area contributed by atoms with Crippen molar-refractivity contribution < 1.29 is 14.4 Å². The zero-order valence-corrected chi connectivity index (χ0v) is 10.3. The van der Waals surface area contributed by atoms with Gasteiger partial charge in [0.1, 0.15) is 11.7 Å². The molecule has 0 bridgehead atoms. The summed E-state index contributed by atoms with van der Waals surface area (Å²) in [4.78, 5) is 16.6. The standard InChI is InChI=1S/C11H22N2O3/c1-11(2,3)15-10(14)13-16-9-7-5-4-6-8(9)12/h8-9H,4-7,12H2,1-3H3,(H,13,14). The van der Waals surface area contributed by atoms with Gasteiger partial charge < -0.3 is 10.5 Å². The van der Waals surface area contributed by atoms with Crippen molar-refractivity contribution in [1.82, 2.24) is 5.48 Å². The summed E-state index contributed by atoms with van der Waals surface area (Å²) in [5.74, 6) is 0. The lowest BCUT2D eigenvalue weighted by Crippen LogP contribution is -2.44. The Hall–Kier alpha value is -0.810. The van der Waals surface area contributed by atoms with Gasteiger partial charge in [0.2, 0.25) is 0 Å². The Morgan fingerprint density at radius 2 is 1.94 bits per heavy atom. The van der Waals surface area contributed by atoms with Crippen molar-refractivity contribution in [2.75, 3.05) is 0 Å². The molecule has 16 heavy (non-hydrogen) atoms. The molecule has 5 nitrogen and oxygen atoms in total. The van der Waals surface area contributed by atoms with Crippen LogP contribution in [0.4, 0.5) is 4.79 Å². The van der Waals surface area contributed by atoms with E-state index in [4.69, 9.17) is 15.3 Å². The number of carbonyl (C=O) groups is 1. The summed E-state index contributed by atoms with van der Waals surface area (Å²) in [6.07, 6.45) is 3.39. The highest BCUT2D eigenvalue weighted by atomic mass is 16.7. The fourth-order valence-corrected chi connectivity index (χ4v) is 1.69. The Morgan fingerprint density at radius 1 is 1.31 bits per heavy atom. The Kier molecular flexibility index (Phi) is 4.56. The van der Waals surface area contributed by atoms with E-state index >= 15 is 0 Å². The second-order valence-corrected chi connectivity index (χ2v) is 5.21. The van der Waals surface area contributed by atoms with Crippen LogP contribution in [-0.2, 0) is 9.57 Å². The van der Waals surface area contributed by atoms with Crippen LogP contribution in [0.1, 0.15) is 46.5 Å². The van der Waals surface area contributed by atoms with Crippen LogP contribution in [-0.4, -0.2) is 23.8 Å². The molecule has 0 spiro atoms. The van der Waals surface area contributed by atoms with Gasteiger partial charge in [-0.1, -0.05) is 12.8 Å². The van der Waals surface area contributed by atoms with Crippen LogP contribution in [0, 0.1) is 0 Å². The number of nitrogens with one attached hydrogen (secondary N) is 1. The number of nitrogens with two attached hydrogens (primary N) is 1. The molecule has 2 unspecified atom stereocenters. The van der Waals surface area contributed by atoms with Gasteiger partial charge in [0.25, 0.3) is 0 Å². The highest BCUT2D eigenvalue weighted by Gasteiger charge is 2.24. The van der Waals surface area contributed by atoms with Crippen molar-refractivity contribution >= 4 is 6.09 Å². The van der Waals surface area contributed by atoms with Crippen molar-refractivity contribution in [3.8, 4) is 0 Å². The summed E-state index contributed by atoms with van der Waals surface area (Å²) in [5.41, 5.74) is 7.66. The molecule has 2 atom stereocenters. The van der Waals surface area contributed by atoms with Crippen molar-refractivity contribution in [3.63, 3.8) is 0 Å². The van der Waals surface area contributed by atoms with Gasteiger partial charge in [-0.15, -0.1) is 0 Å². The number of hydroxylamine groups is 1. The number of hydrogen-bond donors (Lipinski definition) is 2. The lowest BCUT2D eigenvalue weighted by molar-refractivity contribution is -0.0603. The number of rotatable bonds is 2. The van der Waals surface area contributed by atoms with Crippen molar-refractivity contribution in [1.29, 1.82) is 0 Å². The molecule has 3 N–H and O–H groups in total. The summed E-state index contributed by atoms with van der Waals surface area (Å²) in [6, 6.07) is 0.00341. The van der Waals surface area contributed by atoms with Gasteiger partial charge in [0, 0.05) is 6.04 Å². The molecule has 1 rings (SSSR count). The zero-order valence-electron chi connectivity index (χ0n) is 10.3. The first-order chi connectivity index (χ1) is 7.38. The first-order valence-electron chi connectivity index (χ1n) is 5.79. The average molecular weight is 230 g/mol. The van der Waals surface area contributed by atoms with E-state index in [0.29, 0.717) is 0 Å². The van der Waals surface area contributed by atoms with Crippen LogP contribution < -0.4 is 11.2 Å². The Balaban J connectivity index is 2.25. The first kappa shape index (κ1) is 13.3. The number of amides is 1. The summed E-state index contributed by atoms with van der Waals surface area (Å²) in [7, 11) is 0. The lowest BCUT2D eigenvalue weighted by atomic mass is 9.93. The van der Waals surface area contributed by atoms with E-state index in [9.17, 15) is 4.79 Å². The van der Waals surface area contributed by atoms with Gasteiger partial charge in [-0.05, 0) is 33.6 Å². The maximum Gasteiger partial charge on any atom is 0.431 e. The molecule has 1 amide bonds. The van der Waals surface area contributed by atoms with Crippen molar-refractivity contribution in [3.05, 3.63) is 0 Å². The molecule has 0 aromatic heterocycles. The summed E-state index contributed by atoms with van der Waals surface area (Å²) in [6.45, 7) is 5.41. The second-order valence-electron chi connectivity index (χ2n) is 5.21. The minimum Gasteiger partial charge on any atom is -0.442 e. The van der Waals surface area contributed by atoms with Crippen LogP contribution in [0.2, 0.25) is 0 Å². The quantitative estimate of drug-likeness (QED) is 0.708. The van der Waals surface area contributed by atoms with E-state index in [-0.39, 0.29) is 12.1 Å². The van der Waals surface area contributed by atoms with Gasteiger partial charge >= 0.3 is 6.09 Å². The molecule has 0 heterocycles. The number of hydrogen-bond acceptors (Lipinski definition) is 4. The van der Waals surface area contributed by atoms with E-state index in [1.54, 1.807) is 20.8 Å². The maximum atomic E-state index is 11.3. The monoisotopic (exact) mass is 230 g/mol. The average Bonchev–Trinajstić information content (AvgIpc) is 2.14. The Bertz CT molecular complexity index is 238. The summed E-state index contributed by atoms with van der Waals surface area (Å²) < 4.78 is 5.05. The minimum absolute atomic E-state index is 0.00341. The van der Waals surface area contributed by atoms with E-state index in [0.717, 1.165) is 25.7 Å². The van der Waals surface area contributed by atoms with Gasteiger partial charge in [-0.25, -0.2) is 4.79 Å². The van der Waals surface area contributed by atoms with Crippen molar-refractivity contribution in [2.45, 2.75) is 64.2 Å². The van der Waals surface area contributed by atoms with Crippen LogP contribution >= 0.6 is 0 Å². The van der Waals surface area contributed by atoms with Crippen LogP contribution in [0.15, 0.2) is 0 Å². The smallest absolute Gasteiger partial charge is 0.431 e. The van der Waals surface area contributed by atoms with E-state index in [1.165, 1.54) is 0 Å². The SMILES string of the molecule is CC(C)(C)OC(=O)NOC1CCCCC1N. The van der Waals surface area contributed by atoms with Gasteiger partial charge in [-0.3, -0.25) is 4.84 Å². The molecule has 1 aliphatic rings. The highest BCUT2D eigenvalue weighted by molar-refractivity contribution is 5.66. The third-order valence-corrected chi connectivity index (χ3v) is 2.45. The number of ether oxygens (including phenoxy) is 1. The highest BCUT2D eigenvalue weighted by Crippen LogP contribution is 2.19.